The van der Waals surface area contributed by atoms with E-state index >= 15 is 0 Å². The molecule has 178 valence electrons. The zero-order chi connectivity index (χ0) is 23.4. The van der Waals surface area contributed by atoms with Crippen molar-refractivity contribution in [1.82, 2.24) is 14.7 Å². The molecule has 2 saturated heterocycles. The molecule has 0 unspecified atom stereocenters. The van der Waals surface area contributed by atoms with Crippen molar-refractivity contribution < 1.29 is 23.5 Å². The van der Waals surface area contributed by atoms with E-state index in [1.54, 1.807) is 30.3 Å². The number of nitrogens with zero attached hydrogens (tertiary/aromatic N) is 3. The first-order valence-corrected chi connectivity index (χ1v) is 13.1. The van der Waals surface area contributed by atoms with Crippen molar-refractivity contribution >= 4 is 19.3 Å². The van der Waals surface area contributed by atoms with Crippen LogP contribution in [0.3, 0.4) is 0 Å². The predicted molar refractivity (Wildman–Crippen MR) is 123 cm³/mol. The summed E-state index contributed by atoms with van der Waals surface area (Å²) in [7, 11) is -3.03. The van der Waals surface area contributed by atoms with Crippen LogP contribution in [0.5, 0.6) is 11.5 Å². The molecule has 10 nitrogen and oxygen atoms in total. The summed E-state index contributed by atoms with van der Waals surface area (Å²) in [6.45, 7) is 3.04. The number of hydrogen-bond donors (Lipinski definition) is 1. The smallest absolute Gasteiger partial charge is 0.346 e. The van der Waals surface area contributed by atoms with Crippen molar-refractivity contribution in [2.75, 3.05) is 26.2 Å². The van der Waals surface area contributed by atoms with Gasteiger partial charge in [0.15, 0.2) is 0 Å². The Morgan fingerprint density at radius 1 is 1.06 bits per heavy atom. The van der Waals surface area contributed by atoms with E-state index in [0.717, 1.165) is 50.1 Å². The normalized spacial score (nSPS) is 21.7. The van der Waals surface area contributed by atoms with Crippen molar-refractivity contribution in [2.45, 2.75) is 37.8 Å². The van der Waals surface area contributed by atoms with Crippen molar-refractivity contribution in [2.24, 2.45) is 0 Å². The maximum Gasteiger partial charge on any atom is 0.346 e. The lowest BCUT2D eigenvalue weighted by Crippen LogP contribution is -2.25. The number of amides is 1. The van der Waals surface area contributed by atoms with E-state index in [4.69, 9.17) is 9.26 Å². The van der Waals surface area contributed by atoms with E-state index in [1.807, 2.05) is 9.34 Å². The number of carbonyl (C=O) groups excluding carboxylic acids is 1. The lowest BCUT2D eigenvalue weighted by molar-refractivity contribution is -0.385. The number of nitro groups is 1. The first-order valence-electron chi connectivity index (χ1n) is 11.6. The minimum atomic E-state index is -3.03. The van der Waals surface area contributed by atoms with E-state index in [9.17, 15) is 19.5 Å². The molecule has 2 heterocycles. The lowest BCUT2D eigenvalue weighted by Gasteiger charge is -2.24. The number of nitrogens with one attached hydrogen (secondary N) is 1. The van der Waals surface area contributed by atoms with Gasteiger partial charge in [-0.25, -0.2) is 9.34 Å². The summed E-state index contributed by atoms with van der Waals surface area (Å²) in [6, 6.07) is 9.98. The topological polar surface area (TPSA) is 114 Å². The maximum absolute atomic E-state index is 13.5. The molecule has 0 radical (unpaired) electrons. The summed E-state index contributed by atoms with van der Waals surface area (Å²) >= 11 is 0. The number of benzene rings is 2. The molecule has 0 bridgehead atoms. The van der Waals surface area contributed by atoms with Gasteiger partial charge in [-0.3, -0.25) is 24.0 Å². The van der Waals surface area contributed by atoms with Crippen LogP contribution in [-0.4, -0.2) is 52.4 Å². The van der Waals surface area contributed by atoms with Crippen molar-refractivity contribution in [3.63, 3.8) is 0 Å². The molecule has 34 heavy (non-hydrogen) atoms. The first kappa shape index (κ1) is 21.7. The van der Waals surface area contributed by atoms with Gasteiger partial charge in [0.1, 0.15) is 5.75 Å². The molecule has 2 aromatic carbocycles. The molecule has 1 N–H and O–H groups in total. The monoisotopic (exact) mass is 484 g/mol. The largest absolute Gasteiger partial charge is 0.450 e. The van der Waals surface area contributed by atoms with Crippen LogP contribution in [-0.2, 0) is 15.5 Å². The molecule has 2 aromatic rings. The van der Waals surface area contributed by atoms with Crippen LogP contribution in [0.15, 0.2) is 36.4 Å². The van der Waals surface area contributed by atoms with Crippen molar-refractivity contribution in [1.29, 1.82) is 0 Å². The number of ether oxygens (including phenoxy) is 1. The van der Waals surface area contributed by atoms with E-state index < -0.39 is 18.7 Å². The second-order valence-corrected chi connectivity index (χ2v) is 11.5. The van der Waals surface area contributed by atoms with Crippen molar-refractivity contribution in [3.8, 4) is 11.5 Å². The van der Waals surface area contributed by atoms with Gasteiger partial charge in [0, 0.05) is 43.9 Å². The van der Waals surface area contributed by atoms with Gasteiger partial charge in [-0.05, 0) is 67.1 Å². The van der Waals surface area contributed by atoms with Gasteiger partial charge in [0.2, 0.25) is 5.75 Å². The third kappa shape index (κ3) is 4.22. The highest BCUT2D eigenvalue weighted by atomic mass is 31.2. The maximum atomic E-state index is 13.5. The molecule has 0 aromatic heterocycles. The molecule has 4 aliphatic rings. The summed E-state index contributed by atoms with van der Waals surface area (Å²) in [5, 5.41) is 14.7. The van der Waals surface area contributed by atoms with Gasteiger partial charge >= 0.3 is 13.4 Å². The Hall–Kier alpha value is -2.78. The fourth-order valence-electron chi connectivity index (χ4n) is 4.29. The number of carbonyl (C=O) groups is 1. The second-order valence-electron chi connectivity index (χ2n) is 9.18. The molecule has 3 fully saturated rings. The number of nitro benzene ring substituents is 1. The van der Waals surface area contributed by atoms with Gasteiger partial charge in [0.25, 0.3) is 5.91 Å². The molecule has 2 aliphatic heterocycles. The Balaban J connectivity index is 1.25. The number of fused-ring (bicyclic) bond motifs is 1. The molecule has 11 heteroatoms. The van der Waals surface area contributed by atoms with E-state index in [0.29, 0.717) is 24.2 Å². The Morgan fingerprint density at radius 2 is 1.74 bits per heavy atom. The van der Waals surface area contributed by atoms with Gasteiger partial charge < -0.3 is 10.1 Å². The number of rotatable bonds is 9. The van der Waals surface area contributed by atoms with Crippen LogP contribution in [0, 0.1) is 10.1 Å². The van der Waals surface area contributed by atoms with Crippen molar-refractivity contribution in [3.05, 3.63) is 63.2 Å². The first-order chi connectivity index (χ1) is 16.4. The van der Waals surface area contributed by atoms with Crippen LogP contribution in [0.25, 0.3) is 0 Å². The summed E-state index contributed by atoms with van der Waals surface area (Å²) < 4.78 is 29.3. The second kappa shape index (κ2) is 8.16. The molecule has 1 atom stereocenters. The number of aryl methyl sites for hydroxylation is 1. The highest BCUT2D eigenvalue weighted by Crippen LogP contribution is 2.64. The Kier molecular flexibility index (Phi) is 5.22. The molecule has 6 rings (SSSR count). The average Bonchev–Trinajstić information content (AvgIpc) is 3.68. The average molecular weight is 484 g/mol. The summed E-state index contributed by atoms with van der Waals surface area (Å²) in [5.74, 6) is 0.350. The van der Waals surface area contributed by atoms with Crippen LogP contribution >= 0.6 is 7.67 Å². The van der Waals surface area contributed by atoms with Crippen LogP contribution in [0.2, 0.25) is 0 Å². The van der Waals surface area contributed by atoms with Gasteiger partial charge in [-0.15, -0.1) is 0 Å². The fourth-order valence-corrected chi connectivity index (χ4v) is 6.65. The molecule has 1 saturated carbocycles. The third-order valence-electron chi connectivity index (χ3n) is 6.52. The Labute approximate surface area is 196 Å². The third-order valence-corrected chi connectivity index (χ3v) is 9.28. The highest BCUT2D eigenvalue weighted by Gasteiger charge is 2.51. The Bertz CT molecular complexity index is 1190. The SMILES string of the molecule is O=C(NC1CC1)c1ccc(Oc2cc3c(cc2[N+](=O)[O-])CC[C@H]3OP(=O)(N2CC2)N2CC2)cc1. The van der Waals surface area contributed by atoms with E-state index in [1.165, 1.54) is 6.07 Å². The molecule has 1 amide bonds. The van der Waals surface area contributed by atoms with E-state index in [2.05, 4.69) is 5.32 Å². The van der Waals surface area contributed by atoms with Crippen LogP contribution in [0.1, 0.15) is 46.9 Å². The summed E-state index contributed by atoms with van der Waals surface area (Å²) in [5.41, 5.74) is 1.98. The number of hydrogen-bond acceptors (Lipinski definition) is 6. The quantitative estimate of drug-likeness (QED) is 0.246. The molecule has 0 spiro atoms. The standard InChI is InChI=1S/C23H25N4O6P/c28-23(24-17-4-5-17)15-1-6-18(7-2-15)32-22-14-19-16(13-20(22)27(29)30)3-8-21(19)33-34(31,25-9-10-25)26-11-12-26/h1-2,6-7,13-14,17,21H,3-5,8-12H2,(H,24,28)/t21-/m1/s1. The lowest BCUT2D eigenvalue weighted by atomic mass is 10.1. The highest BCUT2D eigenvalue weighted by molar-refractivity contribution is 7.54. The van der Waals surface area contributed by atoms with Gasteiger partial charge in [-0.1, -0.05) is 0 Å². The minimum absolute atomic E-state index is 0.0997. The zero-order valence-electron chi connectivity index (χ0n) is 18.5. The molecule has 2 aliphatic carbocycles. The van der Waals surface area contributed by atoms with E-state index in [-0.39, 0.29) is 23.4 Å². The zero-order valence-corrected chi connectivity index (χ0v) is 19.4. The van der Waals surface area contributed by atoms with Crippen LogP contribution < -0.4 is 10.1 Å². The van der Waals surface area contributed by atoms with Crippen LogP contribution in [0.4, 0.5) is 5.69 Å². The fraction of sp³-hybridized carbons (Fsp3) is 0.435. The molecular formula is C23H25N4O6P. The minimum Gasteiger partial charge on any atom is -0.450 e. The Morgan fingerprint density at radius 3 is 2.32 bits per heavy atom. The summed E-state index contributed by atoms with van der Waals surface area (Å²) in [4.78, 5) is 23.5. The van der Waals surface area contributed by atoms with Gasteiger partial charge in [0.05, 0.1) is 11.0 Å². The molecular weight excluding hydrogens is 459 g/mol. The van der Waals surface area contributed by atoms with Gasteiger partial charge in [-0.2, -0.15) is 0 Å². The predicted octanol–water partition coefficient (Wildman–Crippen LogP) is 4.02. The summed E-state index contributed by atoms with van der Waals surface area (Å²) in [6.07, 6.45) is 2.84.